The van der Waals surface area contributed by atoms with Crippen molar-refractivity contribution in [1.82, 2.24) is 0 Å². The van der Waals surface area contributed by atoms with Crippen molar-refractivity contribution in [2.45, 2.75) is 30.0 Å². The fraction of sp³-hybridized carbons (Fsp3) is 0.357. The lowest BCUT2D eigenvalue weighted by atomic mass is 10.2. The normalized spacial score (nSPS) is 20.0. The summed E-state index contributed by atoms with van der Waals surface area (Å²) < 4.78 is 38.2. The minimum absolute atomic E-state index is 0.166. The number of aliphatic carboxylic acids is 1. The number of hydrogen-bond acceptors (Lipinski definition) is 4. The fourth-order valence-corrected chi connectivity index (χ4v) is 3.18. The van der Waals surface area contributed by atoms with Gasteiger partial charge in [-0.3, -0.25) is 14.4 Å². The summed E-state index contributed by atoms with van der Waals surface area (Å²) >= 11 is 0.801. The van der Waals surface area contributed by atoms with E-state index in [0.717, 1.165) is 30.0 Å². The molecular weight excluding hydrogens is 335 g/mol. The van der Waals surface area contributed by atoms with Gasteiger partial charge in [-0.25, -0.2) is 4.90 Å². The van der Waals surface area contributed by atoms with Gasteiger partial charge in [0.15, 0.2) is 0 Å². The molecule has 0 bridgehead atoms. The van der Waals surface area contributed by atoms with Gasteiger partial charge in [0.1, 0.15) is 5.25 Å². The Morgan fingerprint density at radius 2 is 2.04 bits per heavy atom. The van der Waals surface area contributed by atoms with E-state index in [1.165, 1.54) is 13.0 Å². The van der Waals surface area contributed by atoms with Crippen LogP contribution in [0.3, 0.4) is 0 Å². The zero-order chi connectivity index (χ0) is 17.4. The minimum atomic E-state index is -4.59. The van der Waals surface area contributed by atoms with Crippen LogP contribution in [0.1, 0.15) is 18.9 Å². The summed E-state index contributed by atoms with van der Waals surface area (Å²) in [5.74, 6) is -2.48. The third-order valence-corrected chi connectivity index (χ3v) is 4.56. The second-order valence-corrected chi connectivity index (χ2v) is 6.47. The van der Waals surface area contributed by atoms with Gasteiger partial charge in [-0.2, -0.15) is 13.2 Å². The lowest BCUT2D eigenvalue weighted by Crippen LogP contribution is -2.32. The van der Waals surface area contributed by atoms with Gasteiger partial charge in [-0.15, -0.1) is 11.8 Å². The molecular formula is C14H12F3NO4S. The summed E-state index contributed by atoms with van der Waals surface area (Å²) in [6.45, 7) is 1.37. The molecule has 1 saturated heterocycles. The first kappa shape index (κ1) is 17.3. The molecule has 9 heteroatoms. The number of rotatable bonds is 4. The number of nitrogens with zero attached hydrogens (tertiary/aromatic N) is 1. The molecule has 1 aromatic rings. The average Bonchev–Trinajstić information content (AvgIpc) is 2.72. The topological polar surface area (TPSA) is 74.7 Å². The van der Waals surface area contributed by atoms with Gasteiger partial charge in [-0.1, -0.05) is 6.07 Å². The molecule has 124 valence electrons. The second kappa shape index (κ2) is 6.23. The van der Waals surface area contributed by atoms with E-state index in [4.69, 9.17) is 5.11 Å². The predicted octanol–water partition coefficient (Wildman–Crippen LogP) is 2.54. The number of carboxylic acids is 1. The molecule has 23 heavy (non-hydrogen) atoms. The first-order valence-electron chi connectivity index (χ1n) is 6.53. The quantitative estimate of drug-likeness (QED) is 0.847. The molecule has 0 aliphatic carbocycles. The number of carbonyl (C=O) groups excluding carboxylic acids is 2. The van der Waals surface area contributed by atoms with Gasteiger partial charge in [0.05, 0.1) is 16.5 Å². The molecule has 0 aromatic heterocycles. The number of hydrogen-bond donors (Lipinski definition) is 1. The van der Waals surface area contributed by atoms with E-state index < -0.39 is 40.0 Å². The SMILES string of the molecule is CC(SC1CC(=O)N(c2cccc(C(F)(F)F)c2)C1=O)C(=O)O. The Hall–Kier alpha value is -2.03. The molecule has 0 radical (unpaired) electrons. The van der Waals surface area contributed by atoms with Crippen molar-refractivity contribution in [2.24, 2.45) is 0 Å². The van der Waals surface area contributed by atoms with Gasteiger partial charge in [0.2, 0.25) is 11.8 Å². The Morgan fingerprint density at radius 3 is 2.61 bits per heavy atom. The molecule has 1 aliphatic heterocycles. The van der Waals surface area contributed by atoms with E-state index in [0.29, 0.717) is 4.90 Å². The molecule has 2 amide bonds. The van der Waals surface area contributed by atoms with Gasteiger partial charge in [0.25, 0.3) is 0 Å². The van der Waals surface area contributed by atoms with E-state index >= 15 is 0 Å². The maximum absolute atomic E-state index is 12.7. The summed E-state index contributed by atoms with van der Waals surface area (Å²) in [5, 5.41) is 7.03. The number of benzene rings is 1. The van der Waals surface area contributed by atoms with Crippen LogP contribution in [-0.4, -0.2) is 33.4 Å². The molecule has 2 atom stereocenters. The van der Waals surface area contributed by atoms with Gasteiger partial charge < -0.3 is 5.11 Å². The molecule has 2 unspecified atom stereocenters. The molecule has 1 aromatic carbocycles. The van der Waals surface area contributed by atoms with E-state index in [9.17, 15) is 27.6 Å². The van der Waals surface area contributed by atoms with Crippen molar-refractivity contribution in [2.75, 3.05) is 4.90 Å². The Kier molecular flexibility index (Phi) is 4.69. The Bertz CT molecular complexity index is 662. The van der Waals surface area contributed by atoms with Gasteiger partial charge in [-0.05, 0) is 25.1 Å². The van der Waals surface area contributed by atoms with Crippen LogP contribution in [0.25, 0.3) is 0 Å². The van der Waals surface area contributed by atoms with Crippen LogP contribution in [0.15, 0.2) is 24.3 Å². The zero-order valence-corrected chi connectivity index (χ0v) is 12.6. The highest BCUT2D eigenvalue weighted by atomic mass is 32.2. The van der Waals surface area contributed by atoms with Crippen LogP contribution < -0.4 is 4.90 Å². The van der Waals surface area contributed by atoms with Crippen molar-refractivity contribution in [3.8, 4) is 0 Å². The van der Waals surface area contributed by atoms with Gasteiger partial charge >= 0.3 is 12.1 Å². The number of carbonyl (C=O) groups is 3. The van der Waals surface area contributed by atoms with Crippen molar-refractivity contribution in [3.05, 3.63) is 29.8 Å². The number of amides is 2. The predicted molar refractivity (Wildman–Crippen MR) is 77.0 cm³/mol. The average molecular weight is 347 g/mol. The van der Waals surface area contributed by atoms with E-state index in [2.05, 4.69) is 0 Å². The molecule has 5 nitrogen and oxygen atoms in total. The van der Waals surface area contributed by atoms with Crippen LogP contribution in [-0.2, 0) is 20.6 Å². The van der Waals surface area contributed by atoms with E-state index in [1.54, 1.807) is 0 Å². The highest BCUT2D eigenvalue weighted by molar-refractivity contribution is 8.01. The standard InChI is InChI=1S/C14H12F3NO4S/c1-7(13(21)22)23-10-6-11(19)18(12(10)20)9-4-2-3-8(5-9)14(15,16)17/h2-5,7,10H,6H2,1H3,(H,21,22). The smallest absolute Gasteiger partial charge is 0.416 e. The highest BCUT2D eigenvalue weighted by Crippen LogP contribution is 2.35. The Balaban J connectivity index is 2.25. The van der Waals surface area contributed by atoms with Crippen LogP contribution in [0, 0.1) is 0 Å². The first-order chi connectivity index (χ1) is 10.6. The summed E-state index contributed by atoms with van der Waals surface area (Å²) in [6, 6.07) is 3.91. The van der Waals surface area contributed by atoms with Gasteiger partial charge in [0, 0.05) is 6.42 Å². The van der Waals surface area contributed by atoms with Crippen molar-refractivity contribution in [1.29, 1.82) is 0 Å². The van der Waals surface area contributed by atoms with Crippen LogP contribution in [0.5, 0.6) is 0 Å². The fourth-order valence-electron chi connectivity index (χ4n) is 2.11. The third kappa shape index (κ3) is 3.66. The highest BCUT2D eigenvalue weighted by Gasteiger charge is 2.42. The zero-order valence-electron chi connectivity index (χ0n) is 11.8. The molecule has 0 saturated carbocycles. The monoisotopic (exact) mass is 347 g/mol. The minimum Gasteiger partial charge on any atom is -0.480 e. The van der Waals surface area contributed by atoms with Crippen LogP contribution in [0.4, 0.5) is 18.9 Å². The first-order valence-corrected chi connectivity index (χ1v) is 7.48. The lowest BCUT2D eigenvalue weighted by Gasteiger charge is -2.17. The van der Waals surface area contributed by atoms with Crippen LogP contribution in [0.2, 0.25) is 0 Å². The maximum atomic E-state index is 12.7. The lowest BCUT2D eigenvalue weighted by molar-refractivity contribution is -0.138. The van der Waals surface area contributed by atoms with E-state index in [-0.39, 0.29) is 12.1 Å². The molecule has 1 N–H and O–H groups in total. The largest absolute Gasteiger partial charge is 0.480 e. The number of alkyl halides is 3. The van der Waals surface area contributed by atoms with E-state index in [1.807, 2.05) is 0 Å². The molecule has 1 heterocycles. The maximum Gasteiger partial charge on any atom is 0.416 e. The summed E-state index contributed by atoms with van der Waals surface area (Å²) in [7, 11) is 0. The summed E-state index contributed by atoms with van der Waals surface area (Å²) in [4.78, 5) is 35.7. The Labute approximate surface area is 133 Å². The number of carboxylic acid groups (broad SMARTS) is 1. The van der Waals surface area contributed by atoms with Crippen LogP contribution >= 0.6 is 11.8 Å². The summed E-state index contributed by atoms with van der Waals surface area (Å²) in [5.41, 5.74) is -1.13. The third-order valence-electron chi connectivity index (χ3n) is 3.25. The number of imide groups is 1. The number of anilines is 1. The Morgan fingerprint density at radius 1 is 1.39 bits per heavy atom. The van der Waals surface area contributed by atoms with Crippen molar-refractivity contribution in [3.63, 3.8) is 0 Å². The second-order valence-electron chi connectivity index (χ2n) is 4.92. The molecule has 1 fully saturated rings. The van der Waals surface area contributed by atoms with Crippen molar-refractivity contribution < 1.29 is 32.7 Å². The molecule has 2 rings (SSSR count). The van der Waals surface area contributed by atoms with Crippen molar-refractivity contribution >= 4 is 35.2 Å². The molecule has 0 spiro atoms. The number of halogens is 3. The summed E-state index contributed by atoms with van der Waals surface area (Å²) in [6.07, 6.45) is -4.83. The molecule has 1 aliphatic rings. The number of thioether (sulfide) groups is 1.